The van der Waals surface area contributed by atoms with Crippen molar-refractivity contribution in [3.05, 3.63) is 106 Å². The van der Waals surface area contributed by atoms with E-state index in [1.165, 1.54) is 23.2 Å². The van der Waals surface area contributed by atoms with E-state index in [2.05, 4.69) is 10.1 Å². The lowest BCUT2D eigenvalue weighted by atomic mass is 10.2. The molecule has 196 valence electrons. The van der Waals surface area contributed by atoms with Gasteiger partial charge in [-0.3, -0.25) is 19.9 Å². The third-order valence-electron chi connectivity index (χ3n) is 5.04. The van der Waals surface area contributed by atoms with Gasteiger partial charge in [0.25, 0.3) is 12.2 Å². The van der Waals surface area contributed by atoms with Gasteiger partial charge in [-0.2, -0.15) is 0 Å². The fraction of sp³-hybridized carbons (Fsp3) is 0.192. The van der Waals surface area contributed by atoms with E-state index in [4.69, 9.17) is 11.6 Å². The average molecular weight is 528 g/mol. The van der Waals surface area contributed by atoms with Crippen LogP contribution < -0.4 is 21.9 Å². The molecule has 0 spiro atoms. The van der Waals surface area contributed by atoms with Gasteiger partial charge in [0.2, 0.25) is 0 Å². The van der Waals surface area contributed by atoms with Crippen molar-refractivity contribution >= 4 is 35.3 Å². The molecule has 0 atom stereocenters. The van der Waals surface area contributed by atoms with Gasteiger partial charge in [0.1, 0.15) is 18.1 Å². The number of anilines is 2. The van der Waals surface area contributed by atoms with E-state index in [1.807, 2.05) is 30.3 Å². The summed E-state index contributed by atoms with van der Waals surface area (Å²) < 4.78 is 17.2. The van der Waals surface area contributed by atoms with E-state index in [9.17, 15) is 19.3 Å². The molecule has 5 N–H and O–H groups in total. The second-order valence-electron chi connectivity index (χ2n) is 7.72. The Balaban J connectivity index is 0.000000294. The smallest absolute Gasteiger partial charge is 0.293 e. The van der Waals surface area contributed by atoms with Crippen molar-refractivity contribution in [1.29, 1.82) is 0 Å². The fourth-order valence-electron chi connectivity index (χ4n) is 2.95. The molecule has 0 aromatic heterocycles. The molecule has 9 nitrogen and oxygen atoms in total. The number of nitro groups is 1. The highest BCUT2D eigenvalue weighted by Gasteiger charge is 2.14. The molecule has 0 bridgehead atoms. The lowest BCUT2D eigenvalue weighted by Gasteiger charge is -2.20. The lowest BCUT2D eigenvalue weighted by Crippen LogP contribution is -2.30. The van der Waals surface area contributed by atoms with Crippen molar-refractivity contribution in [2.45, 2.75) is 25.3 Å². The minimum Gasteiger partial charge on any atom is -0.463 e. The number of allylic oxidation sites excluding steroid dienone is 2. The number of halogens is 1. The summed E-state index contributed by atoms with van der Waals surface area (Å²) >= 11 is 1.68. The fourth-order valence-corrected chi connectivity index (χ4v) is 3.74. The molecule has 0 unspecified atom stereocenters. The van der Waals surface area contributed by atoms with Gasteiger partial charge in [0.15, 0.2) is 0 Å². The maximum Gasteiger partial charge on any atom is 0.293 e. The van der Waals surface area contributed by atoms with Gasteiger partial charge < -0.3 is 15.8 Å². The van der Waals surface area contributed by atoms with Crippen molar-refractivity contribution in [1.82, 2.24) is 0 Å². The topological polar surface area (TPSA) is 137 Å². The Morgan fingerprint density at radius 3 is 2.41 bits per heavy atom. The van der Waals surface area contributed by atoms with Crippen LogP contribution in [-0.4, -0.2) is 23.7 Å². The molecule has 0 aliphatic heterocycles. The third kappa shape index (κ3) is 9.82. The zero-order chi connectivity index (χ0) is 27.2. The van der Waals surface area contributed by atoms with Crippen molar-refractivity contribution in [3.8, 4) is 0 Å². The van der Waals surface area contributed by atoms with Crippen molar-refractivity contribution < 1.29 is 18.8 Å². The van der Waals surface area contributed by atoms with E-state index >= 15 is 0 Å². The minimum atomic E-state index is -0.447. The standard InChI is InChI=1S/C16H16N2O4S.C10H14FN3/c19-12-22-11-13-6-7-15(16(10-13)18(20)21)17-8-9-23-14-4-2-1-3-5-14;1-7(12)8(2)14(13)10-5-3-9(11)4-6-10/h1-7,10,12,17H,8-9,11H2;3-6H,12-13H2,1-2H3/b;8-7-. The molecule has 0 saturated carbocycles. The molecule has 0 saturated heterocycles. The second kappa shape index (κ2) is 15.1. The highest BCUT2D eigenvalue weighted by Crippen LogP contribution is 2.26. The van der Waals surface area contributed by atoms with Crippen LogP contribution in [0.25, 0.3) is 0 Å². The van der Waals surface area contributed by atoms with Crippen molar-refractivity contribution in [3.63, 3.8) is 0 Å². The van der Waals surface area contributed by atoms with Crippen molar-refractivity contribution in [2.24, 2.45) is 11.6 Å². The number of carbonyl (C=O) groups excluding carboxylic acids is 1. The lowest BCUT2D eigenvalue weighted by molar-refractivity contribution is -0.384. The molecule has 37 heavy (non-hydrogen) atoms. The molecule has 0 aliphatic rings. The van der Waals surface area contributed by atoms with Crippen LogP contribution >= 0.6 is 11.8 Å². The number of nitrogens with two attached hydrogens (primary N) is 2. The molecule has 11 heteroatoms. The largest absolute Gasteiger partial charge is 0.463 e. The first-order valence-corrected chi connectivity index (χ1v) is 12.2. The van der Waals surface area contributed by atoms with Crippen LogP contribution in [0, 0.1) is 15.9 Å². The maximum atomic E-state index is 12.6. The summed E-state index contributed by atoms with van der Waals surface area (Å²) in [6.45, 7) is 4.51. The van der Waals surface area contributed by atoms with E-state index in [0.29, 0.717) is 35.7 Å². The van der Waals surface area contributed by atoms with E-state index in [0.717, 1.165) is 16.3 Å². The molecular weight excluding hydrogens is 497 g/mol. The molecule has 0 radical (unpaired) electrons. The van der Waals surface area contributed by atoms with Gasteiger partial charge in [-0.15, -0.1) is 11.8 Å². The van der Waals surface area contributed by atoms with Crippen LogP contribution in [0.3, 0.4) is 0 Å². The molecule has 3 aromatic rings. The Hall–Kier alpha value is -4.09. The van der Waals surface area contributed by atoms with Crippen LogP contribution in [0.4, 0.5) is 21.5 Å². The molecule has 0 heterocycles. The summed E-state index contributed by atoms with van der Waals surface area (Å²) in [5.74, 6) is 6.27. The van der Waals surface area contributed by atoms with Gasteiger partial charge in [0.05, 0.1) is 16.3 Å². The molecule has 0 aliphatic carbocycles. The van der Waals surface area contributed by atoms with Crippen LogP contribution in [0.1, 0.15) is 19.4 Å². The molecule has 3 rings (SSSR count). The monoisotopic (exact) mass is 527 g/mol. The number of ether oxygens (including phenoxy) is 1. The number of nitrogens with one attached hydrogen (secondary N) is 1. The SMILES string of the molecule is C/C(N)=C(\C)N(N)c1ccc(F)cc1.O=COCc1ccc(NCCSc2ccccc2)c([N+](=O)[O-])c1. The number of thioether (sulfide) groups is 1. The second-order valence-corrected chi connectivity index (χ2v) is 8.89. The Bertz CT molecular complexity index is 1190. The van der Waals surface area contributed by atoms with Gasteiger partial charge >= 0.3 is 0 Å². The summed E-state index contributed by atoms with van der Waals surface area (Å²) in [7, 11) is 0. The predicted molar refractivity (Wildman–Crippen MR) is 145 cm³/mol. The van der Waals surface area contributed by atoms with Gasteiger partial charge in [-0.05, 0) is 61.9 Å². The van der Waals surface area contributed by atoms with Crippen LogP contribution in [0.15, 0.2) is 89.1 Å². The van der Waals surface area contributed by atoms with Crippen LogP contribution in [0.2, 0.25) is 0 Å². The highest BCUT2D eigenvalue weighted by molar-refractivity contribution is 7.99. The van der Waals surface area contributed by atoms with Gasteiger partial charge in [-0.25, -0.2) is 10.2 Å². The average Bonchev–Trinajstić information content (AvgIpc) is 2.90. The summed E-state index contributed by atoms with van der Waals surface area (Å²) in [5, 5.41) is 15.7. The predicted octanol–water partition coefficient (Wildman–Crippen LogP) is 5.19. The number of nitro benzene ring substituents is 1. The van der Waals surface area contributed by atoms with E-state index in [1.54, 1.807) is 49.9 Å². The Kier molecular flexibility index (Phi) is 11.9. The highest BCUT2D eigenvalue weighted by atomic mass is 32.2. The normalized spacial score (nSPS) is 10.9. The molecular formula is C26H30FN5O4S. The minimum absolute atomic E-state index is 0.0223. The number of hydrogen-bond donors (Lipinski definition) is 3. The first-order chi connectivity index (χ1) is 17.7. The summed E-state index contributed by atoms with van der Waals surface area (Å²) in [6.07, 6.45) is 0. The van der Waals surface area contributed by atoms with Crippen molar-refractivity contribution in [2.75, 3.05) is 22.6 Å². The summed E-state index contributed by atoms with van der Waals surface area (Å²) in [6, 6.07) is 20.6. The quantitative estimate of drug-likeness (QED) is 0.0768. The van der Waals surface area contributed by atoms with Gasteiger partial charge in [0, 0.05) is 29.0 Å². The zero-order valence-electron chi connectivity index (χ0n) is 20.6. The Labute approximate surface area is 219 Å². The van der Waals surface area contributed by atoms with E-state index in [-0.39, 0.29) is 18.1 Å². The summed E-state index contributed by atoms with van der Waals surface area (Å²) in [5.41, 5.74) is 8.68. The zero-order valence-corrected chi connectivity index (χ0v) is 21.4. The van der Waals surface area contributed by atoms with Gasteiger partial charge in [-0.1, -0.05) is 24.3 Å². The van der Waals surface area contributed by atoms with Crippen LogP contribution in [-0.2, 0) is 16.1 Å². The van der Waals surface area contributed by atoms with Crippen LogP contribution in [0.5, 0.6) is 0 Å². The number of nitrogens with zero attached hydrogens (tertiary/aromatic N) is 2. The number of rotatable bonds is 11. The Morgan fingerprint density at radius 2 is 1.81 bits per heavy atom. The number of hydrazine groups is 1. The Morgan fingerprint density at radius 1 is 1.14 bits per heavy atom. The molecule has 3 aromatic carbocycles. The molecule has 0 amide bonds. The number of benzene rings is 3. The number of carbonyl (C=O) groups is 1. The van der Waals surface area contributed by atoms with E-state index < -0.39 is 4.92 Å². The maximum absolute atomic E-state index is 12.6. The first-order valence-electron chi connectivity index (χ1n) is 11.2. The third-order valence-corrected chi connectivity index (χ3v) is 6.06. The number of hydrogen-bond acceptors (Lipinski definition) is 9. The summed E-state index contributed by atoms with van der Waals surface area (Å²) in [4.78, 5) is 22.0. The molecule has 0 fully saturated rings. The first kappa shape index (κ1) is 29.1.